The van der Waals surface area contributed by atoms with Gasteiger partial charge >= 0.3 is 0 Å². The van der Waals surface area contributed by atoms with Crippen molar-refractivity contribution in [1.29, 1.82) is 5.26 Å². The number of anilines is 1. The number of hydrogen-bond donors (Lipinski definition) is 0. The summed E-state index contributed by atoms with van der Waals surface area (Å²) in [6.45, 7) is 0.00677. The molecule has 0 N–H and O–H groups in total. The minimum absolute atomic E-state index is 0.00677. The van der Waals surface area contributed by atoms with E-state index in [1.807, 2.05) is 24.3 Å². The van der Waals surface area contributed by atoms with Crippen molar-refractivity contribution >= 4 is 23.4 Å². The summed E-state index contributed by atoms with van der Waals surface area (Å²) >= 11 is 1.32. The SMILES string of the molecule is N#CCN(C(=O)CSc1ccc(F)cc1)c1ccccc1. The predicted octanol–water partition coefficient (Wildman–Crippen LogP) is 3.47. The summed E-state index contributed by atoms with van der Waals surface area (Å²) in [6, 6.07) is 17.0. The van der Waals surface area contributed by atoms with Crippen molar-refractivity contribution in [2.24, 2.45) is 0 Å². The minimum Gasteiger partial charge on any atom is -0.298 e. The highest BCUT2D eigenvalue weighted by atomic mass is 32.2. The van der Waals surface area contributed by atoms with E-state index in [0.29, 0.717) is 5.69 Å². The summed E-state index contributed by atoms with van der Waals surface area (Å²) in [7, 11) is 0. The van der Waals surface area contributed by atoms with Crippen molar-refractivity contribution in [2.45, 2.75) is 4.90 Å². The number of carbonyl (C=O) groups is 1. The van der Waals surface area contributed by atoms with Crippen LogP contribution >= 0.6 is 11.8 Å². The highest BCUT2D eigenvalue weighted by Crippen LogP contribution is 2.20. The van der Waals surface area contributed by atoms with E-state index >= 15 is 0 Å². The highest BCUT2D eigenvalue weighted by Gasteiger charge is 2.15. The standard InChI is InChI=1S/C16H13FN2OS/c17-13-6-8-15(9-7-13)21-12-16(20)19(11-10-18)14-4-2-1-3-5-14/h1-9H,11-12H2. The molecule has 2 aromatic rings. The third-order valence-corrected chi connectivity index (χ3v) is 3.77. The van der Waals surface area contributed by atoms with Crippen molar-refractivity contribution in [3.63, 3.8) is 0 Å². The Kier molecular flexibility index (Phi) is 5.35. The molecule has 0 bridgehead atoms. The molecule has 106 valence electrons. The fourth-order valence-corrected chi connectivity index (χ4v) is 2.53. The molecule has 0 aliphatic rings. The Morgan fingerprint density at radius 1 is 1.14 bits per heavy atom. The van der Waals surface area contributed by atoms with Gasteiger partial charge in [0.15, 0.2) is 0 Å². The number of thioether (sulfide) groups is 1. The normalized spacial score (nSPS) is 9.90. The van der Waals surface area contributed by atoms with E-state index in [2.05, 4.69) is 0 Å². The van der Waals surface area contributed by atoms with Crippen LogP contribution in [0.25, 0.3) is 0 Å². The van der Waals surface area contributed by atoms with Crippen LogP contribution in [0.5, 0.6) is 0 Å². The Hall–Kier alpha value is -2.32. The van der Waals surface area contributed by atoms with Crippen LogP contribution in [-0.4, -0.2) is 18.2 Å². The average molecular weight is 300 g/mol. The monoisotopic (exact) mass is 300 g/mol. The van der Waals surface area contributed by atoms with Crippen molar-refractivity contribution in [3.8, 4) is 6.07 Å². The first-order valence-electron chi connectivity index (χ1n) is 6.31. The van der Waals surface area contributed by atoms with Gasteiger partial charge in [-0.15, -0.1) is 11.8 Å². The maximum Gasteiger partial charge on any atom is 0.238 e. The van der Waals surface area contributed by atoms with E-state index in [4.69, 9.17) is 5.26 Å². The van der Waals surface area contributed by atoms with Gasteiger partial charge in [0.05, 0.1) is 11.8 Å². The summed E-state index contributed by atoms with van der Waals surface area (Å²) < 4.78 is 12.8. The topological polar surface area (TPSA) is 44.1 Å². The Morgan fingerprint density at radius 3 is 2.43 bits per heavy atom. The zero-order chi connectivity index (χ0) is 15.1. The summed E-state index contributed by atoms with van der Waals surface area (Å²) in [5.41, 5.74) is 0.698. The Balaban J connectivity index is 2.02. The highest BCUT2D eigenvalue weighted by molar-refractivity contribution is 8.00. The third-order valence-electron chi connectivity index (χ3n) is 2.77. The summed E-state index contributed by atoms with van der Waals surface area (Å²) in [4.78, 5) is 14.5. The molecule has 0 unspecified atom stereocenters. The first kappa shape index (κ1) is 15.1. The van der Waals surface area contributed by atoms with Gasteiger partial charge in [0.1, 0.15) is 12.4 Å². The van der Waals surface area contributed by atoms with Gasteiger partial charge < -0.3 is 0 Å². The third kappa shape index (κ3) is 4.33. The number of rotatable bonds is 5. The molecule has 0 heterocycles. The lowest BCUT2D eigenvalue weighted by molar-refractivity contribution is -0.116. The van der Waals surface area contributed by atoms with Crippen molar-refractivity contribution in [3.05, 3.63) is 60.4 Å². The second-order valence-corrected chi connectivity index (χ2v) is 5.26. The van der Waals surface area contributed by atoms with Crippen molar-refractivity contribution in [1.82, 2.24) is 0 Å². The molecule has 5 heteroatoms. The molecule has 0 atom stereocenters. The average Bonchev–Trinajstić information content (AvgIpc) is 2.52. The van der Waals surface area contributed by atoms with Gasteiger partial charge in [0.2, 0.25) is 5.91 Å². The van der Waals surface area contributed by atoms with Crippen LogP contribution < -0.4 is 4.90 Å². The fourth-order valence-electron chi connectivity index (χ4n) is 1.76. The molecule has 3 nitrogen and oxygen atoms in total. The molecule has 0 saturated carbocycles. The Labute approximate surface area is 127 Å². The number of para-hydroxylation sites is 1. The number of amides is 1. The smallest absolute Gasteiger partial charge is 0.238 e. The number of nitriles is 1. The van der Waals surface area contributed by atoms with Gasteiger partial charge in [0, 0.05) is 10.6 Å². The van der Waals surface area contributed by atoms with Crippen LogP contribution in [0.15, 0.2) is 59.5 Å². The number of nitrogens with zero attached hydrogens (tertiary/aromatic N) is 2. The second kappa shape index (κ2) is 7.46. The van der Waals surface area contributed by atoms with Crippen molar-refractivity contribution < 1.29 is 9.18 Å². The van der Waals surface area contributed by atoms with Crippen LogP contribution in [0, 0.1) is 17.1 Å². The van der Waals surface area contributed by atoms with Crippen LogP contribution in [0.4, 0.5) is 10.1 Å². The van der Waals surface area contributed by atoms with E-state index in [0.717, 1.165) is 4.90 Å². The van der Waals surface area contributed by atoms with Crippen molar-refractivity contribution in [2.75, 3.05) is 17.2 Å². The molecular formula is C16H13FN2OS. The van der Waals surface area contributed by atoms with Gasteiger partial charge in [-0.05, 0) is 36.4 Å². The van der Waals surface area contributed by atoms with Crippen LogP contribution in [0.2, 0.25) is 0 Å². The molecular weight excluding hydrogens is 287 g/mol. The number of carbonyl (C=O) groups excluding carboxylic acids is 1. The van der Waals surface area contributed by atoms with E-state index < -0.39 is 0 Å². The second-order valence-electron chi connectivity index (χ2n) is 4.22. The molecule has 2 rings (SSSR count). The molecule has 1 amide bonds. The fraction of sp³-hybridized carbons (Fsp3) is 0.125. The van der Waals surface area contributed by atoms with E-state index in [-0.39, 0.29) is 24.0 Å². The predicted molar refractivity (Wildman–Crippen MR) is 81.5 cm³/mol. The molecule has 0 aliphatic carbocycles. The van der Waals surface area contributed by atoms with Gasteiger partial charge in [0.25, 0.3) is 0 Å². The maximum atomic E-state index is 12.8. The zero-order valence-corrected chi connectivity index (χ0v) is 12.0. The lowest BCUT2D eigenvalue weighted by atomic mass is 10.3. The molecule has 0 saturated heterocycles. The molecule has 0 spiro atoms. The van der Waals surface area contributed by atoms with Gasteiger partial charge in [-0.25, -0.2) is 4.39 Å². The van der Waals surface area contributed by atoms with Crippen LogP contribution in [0.1, 0.15) is 0 Å². The lowest BCUT2D eigenvalue weighted by Gasteiger charge is -2.19. The lowest BCUT2D eigenvalue weighted by Crippen LogP contribution is -2.32. The van der Waals surface area contributed by atoms with E-state index in [1.54, 1.807) is 24.3 Å². The van der Waals surface area contributed by atoms with E-state index in [9.17, 15) is 9.18 Å². The van der Waals surface area contributed by atoms with Gasteiger partial charge in [-0.1, -0.05) is 18.2 Å². The zero-order valence-electron chi connectivity index (χ0n) is 11.2. The molecule has 21 heavy (non-hydrogen) atoms. The summed E-state index contributed by atoms with van der Waals surface area (Å²) in [6.07, 6.45) is 0. The molecule has 0 aromatic heterocycles. The molecule has 0 fully saturated rings. The number of benzene rings is 2. The maximum absolute atomic E-state index is 12.8. The molecule has 0 radical (unpaired) electrons. The number of hydrogen-bond acceptors (Lipinski definition) is 3. The number of halogens is 1. The van der Waals surface area contributed by atoms with Crippen LogP contribution in [-0.2, 0) is 4.79 Å². The quantitative estimate of drug-likeness (QED) is 0.627. The minimum atomic E-state index is -0.305. The van der Waals surface area contributed by atoms with E-state index in [1.165, 1.54) is 28.8 Å². The summed E-state index contributed by atoms with van der Waals surface area (Å²) in [5, 5.41) is 8.87. The van der Waals surface area contributed by atoms with Crippen LogP contribution in [0.3, 0.4) is 0 Å². The van der Waals surface area contributed by atoms with Gasteiger partial charge in [-0.3, -0.25) is 9.69 Å². The first-order valence-corrected chi connectivity index (χ1v) is 7.30. The molecule has 2 aromatic carbocycles. The Bertz CT molecular complexity index is 638. The summed E-state index contributed by atoms with van der Waals surface area (Å²) in [5.74, 6) is -0.263. The first-order chi connectivity index (χ1) is 10.2. The van der Waals surface area contributed by atoms with Gasteiger partial charge in [-0.2, -0.15) is 5.26 Å². The largest absolute Gasteiger partial charge is 0.298 e. The molecule has 0 aliphatic heterocycles. The Morgan fingerprint density at radius 2 is 1.81 bits per heavy atom.